The SMILES string of the molecule is O=C(CNc1cccnc1)N1CCC2(CC1)CC(O)CN(C1CCOCC1)C2. The molecule has 0 aliphatic carbocycles. The monoisotopic (exact) mass is 388 g/mol. The van der Waals surface area contributed by atoms with Gasteiger partial charge in [-0.1, -0.05) is 0 Å². The lowest BCUT2D eigenvalue weighted by molar-refractivity contribution is -0.133. The van der Waals surface area contributed by atoms with Gasteiger partial charge in [0.15, 0.2) is 0 Å². The fraction of sp³-hybridized carbons (Fsp3) is 0.714. The third-order valence-corrected chi connectivity index (χ3v) is 6.64. The molecule has 7 nitrogen and oxygen atoms in total. The van der Waals surface area contributed by atoms with Gasteiger partial charge in [-0.15, -0.1) is 0 Å². The Hall–Kier alpha value is -1.70. The smallest absolute Gasteiger partial charge is 0.241 e. The van der Waals surface area contributed by atoms with Gasteiger partial charge in [-0.3, -0.25) is 14.7 Å². The standard InChI is InChI=1S/C21H32N4O3/c26-19-12-21(16-25(15-19)18-3-10-28-11-4-18)5-8-24(9-6-21)20(27)14-23-17-2-1-7-22-13-17/h1-2,7,13,18-19,23,26H,3-6,8-12,14-16H2. The van der Waals surface area contributed by atoms with Crippen LogP contribution in [0.4, 0.5) is 5.69 Å². The number of ether oxygens (including phenoxy) is 1. The average molecular weight is 389 g/mol. The molecular weight excluding hydrogens is 356 g/mol. The van der Waals surface area contributed by atoms with Crippen molar-refractivity contribution in [2.24, 2.45) is 5.41 Å². The Balaban J connectivity index is 1.30. The third-order valence-electron chi connectivity index (χ3n) is 6.64. The minimum absolute atomic E-state index is 0.136. The van der Waals surface area contributed by atoms with Gasteiger partial charge < -0.3 is 20.1 Å². The molecule has 1 spiro atoms. The fourth-order valence-corrected chi connectivity index (χ4v) is 5.07. The van der Waals surface area contributed by atoms with Crippen molar-refractivity contribution in [2.75, 3.05) is 51.3 Å². The number of rotatable bonds is 4. The number of anilines is 1. The third kappa shape index (κ3) is 4.64. The Bertz CT molecular complexity index is 642. The zero-order chi connectivity index (χ0) is 19.4. The van der Waals surface area contributed by atoms with E-state index < -0.39 is 0 Å². The summed E-state index contributed by atoms with van der Waals surface area (Å²) < 4.78 is 5.51. The second-order valence-corrected chi connectivity index (χ2v) is 8.61. The molecule has 154 valence electrons. The number of aromatic nitrogens is 1. The molecule has 1 unspecified atom stereocenters. The van der Waals surface area contributed by atoms with Crippen molar-refractivity contribution in [3.63, 3.8) is 0 Å². The summed E-state index contributed by atoms with van der Waals surface area (Å²) >= 11 is 0. The highest BCUT2D eigenvalue weighted by molar-refractivity contribution is 5.80. The molecule has 1 aromatic rings. The molecule has 0 saturated carbocycles. The van der Waals surface area contributed by atoms with Crippen LogP contribution >= 0.6 is 0 Å². The summed E-state index contributed by atoms with van der Waals surface area (Å²) in [7, 11) is 0. The first-order chi connectivity index (χ1) is 13.6. The van der Waals surface area contributed by atoms with Gasteiger partial charge in [-0.2, -0.15) is 0 Å². The molecule has 4 rings (SSSR count). The molecule has 3 saturated heterocycles. The van der Waals surface area contributed by atoms with Gasteiger partial charge in [0, 0.05) is 57.8 Å². The molecule has 28 heavy (non-hydrogen) atoms. The molecular formula is C21H32N4O3. The Morgan fingerprint density at radius 1 is 1.32 bits per heavy atom. The normalized spacial score (nSPS) is 26.3. The maximum atomic E-state index is 12.6. The number of aliphatic hydroxyl groups is 1. The summed E-state index contributed by atoms with van der Waals surface area (Å²) in [6, 6.07) is 4.31. The van der Waals surface area contributed by atoms with Crippen molar-refractivity contribution in [2.45, 2.75) is 44.2 Å². The number of nitrogens with one attached hydrogen (secondary N) is 1. The molecule has 1 aromatic heterocycles. The van der Waals surface area contributed by atoms with Gasteiger partial charge in [0.05, 0.1) is 18.3 Å². The van der Waals surface area contributed by atoms with E-state index in [1.54, 1.807) is 12.4 Å². The van der Waals surface area contributed by atoms with E-state index in [9.17, 15) is 9.90 Å². The van der Waals surface area contributed by atoms with E-state index in [2.05, 4.69) is 15.2 Å². The molecule has 1 amide bonds. The van der Waals surface area contributed by atoms with Gasteiger partial charge >= 0.3 is 0 Å². The van der Waals surface area contributed by atoms with Crippen LogP contribution in [0.3, 0.4) is 0 Å². The number of β-amino-alcohol motifs (C(OH)–C–C–N with tert-alkyl or cyclic N) is 1. The summed E-state index contributed by atoms with van der Waals surface area (Å²) in [6.45, 7) is 5.35. The van der Waals surface area contributed by atoms with Crippen molar-refractivity contribution in [3.05, 3.63) is 24.5 Å². The molecule has 0 aromatic carbocycles. The summed E-state index contributed by atoms with van der Waals surface area (Å²) in [6.07, 6.45) is 8.13. The minimum atomic E-state index is -0.258. The summed E-state index contributed by atoms with van der Waals surface area (Å²) in [5.74, 6) is 0.136. The van der Waals surface area contributed by atoms with Crippen molar-refractivity contribution >= 4 is 11.6 Å². The summed E-state index contributed by atoms with van der Waals surface area (Å²) in [4.78, 5) is 21.1. The predicted octanol–water partition coefficient (Wildman–Crippen LogP) is 1.35. The first-order valence-electron chi connectivity index (χ1n) is 10.6. The fourth-order valence-electron chi connectivity index (χ4n) is 5.07. The molecule has 2 N–H and O–H groups in total. The molecule has 3 aliphatic heterocycles. The lowest BCUT2D eigenvalue weighted by atomic mass is 9.71. The van der Waals surface area contributed by atoms with E-state index in [1.165, 1.54) is 0 Å². The molecule has 7 heteroatoms. The van der Waals surface area contributed by atoms with Gasteiger partial charge in [-0.05, 0) is 49.7 Å². The zero-order valence-electron chi connectivity index (χ0n) is 16.6. The van der Waals surface area contributed by atoms with Crippen LogP contribution in [0.15, 0.2) is 24.5 Å². The first-order valence-corrected chi connectivity index (χ1v) is 10.6. The van der Waals surface area contributed by atoms with E-state index in [-0.39, 0.29) is 17.4 Å². The minimum Gasteiger partial charge on any atom is -0.392 e. The van der Waals surface area contributed by atoms with Crippen molar-refractivity contribution in [3.8, 4) is 0 Å². The van der Waals surface area contributed by atoms with Crippen LogP contribution in [0, 0.1) is 5.41 Å². The zero-order valence-corrected chi connectivity index (χ0v) is 16.6. The number of carbonyl (C=O) groups excluding carboxylic acids is 1. The van der Waals surface area contributed by atoms with E-state index in [0.717, 1.165) is 77.2 Å². The first kappa shape index (κ1) is 19.6. The number of aliphatic hydroxyl groups excluding tert-OH is 1. The van der Waals surface area contributed by atoms with Crippen LogP contribution in [0.5, 0.6) is 0 Å². The number of piperidine rings is 2. The second-order valence-electron chi connectivity index (χ2n) is 8.61. The van der Waals surface area contributed by atoms with Gasteiger partial charge in [0.2, 0.25) is 5.91 Å². The van der Waals surface area contributed by atoms with E-state index >= 15 is 0 Å². The number of likely N-dealkylation sites (tertiary alicyclic amines) is 2. The topological polar surface area (TPSA) is 77.9 Å². The maximum Gasteiger partial charge on any atom is 0.241 e. The highest BCUT2D eigenvalue weighted by Gasteiger charge is 2.43. The Morgan fingerprint density at radius 3 is 2.82 bits per heavy atom. The van der Waals surface area contributed by atoms with Crippen molar-refractivity contribution < 1.29 is 14.6 Å². The lowest BCUT2D eigenvalue weighted by Gasteiger charge is -2.51. The highest BCUT2D eigenvalue weighted by Crippen LogP contribution is 2.41. The largest absolute Gasteiger partial charge is 0.392 e. The van der Waals surface area contributed by atoms with E-state index in [0.29, 0.717) is 12.6 Å². The molecule has 0 radical (unpaired) electrons. The van der Waals surface area contributed by atoms with Crippen LogP contribution in [0.1, 0.15) is 32.1 Å². The summed E-state index contributed by atoms with van der Waals surface area (Å²) in [5.41, 5.74) is 1.01. The van der Waals surface area contributed by atoms with E-state index in [1.807, 2.05) is 17.0 Å². The van der Waals surface area contributed by atoms with Crippen molar-refractivity contribution in [1.29, 1.82) is 0 Å². The molecule has 4 heterocycles. The van der Waals surface area contributed by atoms with Crippen LogP contribution in [-0.2, 0) is 9.53 Å². The molecule has 3 fully saturated rings. The van der Waals surface area contributed by atoms with Crippen LogP contribution in [0.25, 0.3) is 0 Å². The summed E-state index contributed by atoms with van der Waals surface area (Å²) in [5, 5.41) is 13.7. The molecule has 0 bridgehead atoms. The number of amides is 1. The van der Waals surface area contributed by atoms with E-state index in [4.69, 9.17) is 4.74 Å². The van der Waals surface area contributed by atoms with Crippen LogP contribution < -0.4 is 5.32 Å². The number of hydrogen-bond donors (Lipinski definition) is 2. The Kier molecular flexibility index (Phi) is 6.13. The van der Waals surface area contributed by atoms with Gasteiger partial charge in [0.25, 0.3) is 0 Å². The number of pyridine rings is 1. The predicted molar refractivity (Wildman–Crippen MR) is 107 cm³/mol. The average Bonchev–Trinajstić information content (AvgIpc) is 2.73. The highest BCUT2D eigenvalue weighted by atomic mass is 16.5. The second kappa shape index (κ2) is 8.76. The quantitative estimate of drug-likeness (QED) is 0.811. The molecule has 3 aliphatic rings. The van der Waals surface area contributed by atoms with Gasteiger partial charge in [-0.25, -0.2) is 0 Å². The van der Waals surface area contributed by atoms with Gasteiger partial charge in [0.1, 0.15) is 0 Å². The Labute approximate surface area is 167 Å². The van der Waals surface area contributed by atoms with Crippen LogP contribution in [-0.4, -0.2) is 83.9 Å². The number of nitrogens with zero attached hydrogens (tertiary/aromatic N) is 3. The number of carbonyl (C=O) groups is 1. The maximum absolute atomic E-state index is 12.6. The van der Waals surface area contributed by atoms with Crippen LogP contribution in [0.2, 0.25) is 0 Å². The number of hydrogen-bond acceptors (Lipinski definition) is 6. The lowest BCUT2D eigenvalue weighted by Crippen LogP contribution is -2.57. The Morgan fingerprint density at radius 2 is 2.11 bits per heavy atom. The molecule has 1 atom stereocenters. The van der Waals surface area contributed by atoms with Crippen molar-refractivity contribution in [1.82, 2.24) is 14.8 Å².